The largest absolute Gasteiger partial charge is 0.489 e. The molecule has 176 valence electrons. The fourth-order valence-corrected chi connectivity index (χ4v) is 3.23. The van der Waals surface area contributed by atoms with E-state index in [-0.39, 0.29) is 11.8 Å². The van der Waals surface area contributed by atoms with Gasteiger partial charge >= 0.3 is 0 Å². The highest BCUT2D eigenvalue weighted by molar-refractivity contribution is 6.30. The summed E-state index contributed by atoms with van der Waals surface area (Å²) in [6, 6.07) is 21.3. The van der Waals surface area contributed by atoms with Gasteiger partial charge in [0.25, 0.3) is 11.8 Å². The van der Waals surface area contributed by atoms with Gasteiger partial charge in [0, 0.05) is 10.6 Å². The summed E-state index contributed by atoms with van der Waals surface area (Å²) < 4.78 is 5.81. The number of carbonyl (C=O) groups excluding carboxylic acids is 2. The molecule has 1 atom stereocenters. The lowest BCUT2D eigenvalue weighted by Gasteiger charge is -2.20. The zero-order valence-corrected chi connectivity index (χ0v) is 20.2. The molecule has 3 rings (SSSR count). The van der Waals surface area contributed by atoms with Crippen LogP contribution in [-0.4, -0.2) is 24.1 Å². The molecule has 0 radical (unpaired) electrons. The van der Waals surface area contributed by atoms with E-state index in [1.165, 1.54) is 5.56 Å². The number of carbonyl (C=O) groups is 2. The van der Waals surface area contributed by atoms with Crippen molar-refractivity contribution in [2.24, 2.45) is 11.0 Å². The number of halogens is 1. The molecule has 0 aliphatic rings. The predicted molar refractivity (Wildman–Crippen MR) is 135 cm³/mol. The molecule has 0 fully saturated rings. The van der Waals surface area contributed by atoms with E-state index in [2.05, 4.69) is 28.0 Å². The van der Waals surface area contributed by atoms with Gasteiger partial charge in [-0.25, -0.2) is 5.43 Å². The van der Waals surface area contributed by atoms with Gasteiger partial charge in [0.15, 0.2) is 0 Å². The fourth-order valence-electron chi connectivity index (χ4n) is 3.10. The Morgan fingerprint density at radius 3 is 2.24 bits per heavy atom. The number of amides is 2. The Balaban J connectivity index is 1.52. The Labute approximate surface area is 205 Å². The highest BCUT2D eigenvalue weighted by Gasteiger charge is 2.24. The molecular formula is C27H28ClN3O3. The average Bonchev–Trinajstić information content (AvgIpc) is 2.83. The normalized spacial score (nSPS) is 11.9. The third kappa shape index (κ3) is 7.46. The molecule has 0 aliphatic carbocycles. The van der Waals surface area contributed by atoms with E-state index in [9.17, 15) is 9.59 Å². The molecule has 3 aromatic carbocycles. The van der Waals surface area contributed by atoms with Crippen molar-refractivity contribution in [1.29, 1.82) is 0 Å². The zero-order valence-electron chi connectivity index (χ0n) is 19.4. The molecular weight excluding hydrogens is 450 g/mol. The Kier molecular flexibility index (Phi) is 8.82. The number of rotatable bonds is 9. The molecule has 0 saturated carbocycles. The maximum atomic E-state index is 12.6. The third-order valence-electron chi connectivity index (χ3n) is 5.14. The van der Waals surface area contributed by atoms with Gasteiger partial charge in [-0.15, -0.1) is 0 Å². The molecule has 0 heterocycles. The van der Waals surface area contributed by atoms with Gasteiger partial charge in [0.1, 0.15) is 18.4 Å². The zero-order chi connectivity index (χ0) is 24.5. The van der Waals surface area contributed by atoms with Crippen LogP contribution in [0.4, 0.5) is 0 Å². The summed E-state index contributed by atoms with van der Waals surface area (Å²) in [4.78, 5) is 25.1. The molecule has 0 bridgehead atoms. The highest BCUT2D eigenvalue weighted by Crippen LogP contribution is 2.14. The Morgan fingerprint density at radius 2 is 1.62 bits per heavy atom. The minimum Gasteiger partial charge on any atom is -0.489 e. The van der Waals surface area contributed by atoms with Crippen LogP contribution in [0, 0.1) is 12.8 Å². The van der Waals surface area contributed by atoms with Crippen LogP contribution in [-0.2, 0) is 11.4 Å². The lowest BCUT2D eigenvalue weighted by Crippen LogP contribution is -2.48. The van der Waals surface area contributed by atoms with Crippen LogP contribution in [0.5, 0.6) is 5.75 Å². The maximum Gasteiger partial charge on any atom is 0.262 e. The van der Waals surface area contributed by atoms with E-state index in [4.69, 9.17) is 16.3 Å². The highest BCUT2D eigenvalue weighted by atomic mass is 35.5. The van der Waals surface area contributed by atoms with Gasteiger partial charge in [-0.2, -0.15) is 5.10 Å². The van der Waals surface area contributed by atoms with Crippen molar-refractivity contribution in [1.82, 2.24) is 10.7 Å². The molecule has 3 aromatic rings. The van der Waals surface area contributed by atoms with E-state index in [0.717, 1.165) is 16.9 Å². The molecule has 0 aliphatic heterocycles. The standard InChI is InChI=1S/C27H28ClN3O3/c1-18(2)25(30-26(32)22-10-12-23(28)13-11-22)27(33)31-29-16-20-8-14-24(15-9-20)34-17-21-6-4-19(3)5-7-21/h4-16,18,25H,17H2,1-3H3,(H,30,32)(H,31,33)/b29-16+. The summed E-state index contributed by atoms with van der Waals surface area (Å²) in [6.07, 6.45) is 1.54. The van der Waals surface area contributed by atoms with Gasteiger partial charge in [-0.05, 0) is 72.5 Å². The van der Waals surface area contributed by atoms with Crippen LogP contribution in [0.1, 0.15) is 40.9 Å². The number of ether oxygens (including phenoxy) is 1. The van der Waals surface area contributed by atoms with Crippen LogP contribution in [0.25, 0.3) is 0 Å². The van der Waals surface area contributed by atoms with Crippen LogP contribution in [0.2, 0.25) is 5.02 Å². The first kappa shape index (κ1) is 25.0. The Morgan fingerprint density at radius 1 is 0.971 bits per heavy atom. The van der Waals surface area contributed by atoms with Gasteiger partial charge < -0.3 is 10.1 Å². The second kappa shape index (κ2) is 12.0. The molecule has 6 nitrogen and oxygen atoms in total. The maximum absolute atomic E-state index is 12.6. The number of aryl methyl sites for hydroxylation is 1. The van der Waals surface area contributed by atoms with Gasteiger partial charge in [-0.3, -0.25) is 9.59 Å². The number of hydrogen-bond acceptors (Lipinski definition) is 4. The van der Waals surface area contributed by atoms with Gasteiger partial charge in [-0.1, -0.05) is 55.3 Å². The van der Waals surface area contributed by atoms with Gasteiger partial charge in [0.05, 0.1) is 6.21 Å². The fraction of sp³-hybridized carbons (Fsp3) is 0.222. The molecule has 1 unspecified atom stereocenters. The number of nitrogens with zero attached hydrogens (tertiary/aromatic N) is 1. The summed E-state index contributed by atoms with van der Waals surface area (Å²) in [6.45, 7) is 6.24. The minimum absolute atomic E-state index is 0.128. The van der Waals surface area contributed by atoms with Crippen molar-refractivity contribution in [3.05, 3.63) is 100 Å². The Hall–Kier alpha value is -3.64. The second-order valence-electron chi connectivity index (χ2n) is 8.28. The number of hydrazone groups is 1. The summed E-state index contributed by atoms with van der Waals surface area (Å²) >= 11 is 5.87. The van der Waals surface area contributed by atoms with Crippen molar-refractivity contribution < 1.29 is 14.3 Å². The van der Waals surface area contributed by atoms with Crippen LogP contribution in [0.15, 0.2) is 77.9 Å². The average molecular weight is 478 g/mol. The predicted octanol–water partition coefficient (Wildman–Crippen LogP) is 5.13. The second-order valence-corrected chi connectivity index (χ2v) is 8.72. The van der Waals surface area contributed by atoms with E-state index in [1.807, 2.05) is 57.2 Å². The van der Waals surface area contributed by atoms with E-state index in [1.54, 1.807) is 30.5 Å². The van der Waals surface area contributed by atoms with Crippen LogP contribution in [0.3, 0.4) is 0 Å². The van der Waals surface area contributed by atoms with Crippen LogP contribution >= 0.6 is 11.6 Å². The monoisotopic (exact) mass is 477 g/mol. The quantitative estimate of drug-likeness (QED) is 0.331. The van der Waals surface area contributed by atoms with E-state index >= 15 is 0 Å². The van der Waals surface area contributed by atoms with Crippen molar-refractivity contribution in [3.63, 3.8) is 0 Å². The van der Waals surface area contributed by atoms with Crippen molar-refractivity contribution in [3.8, 4) is 5.75 Å². The molecule has 7 heteroatoms. The van der Waals surface area contributed by atoms with Crippen molar-refractivity contribution >= 4 is 29.6 Å². The van der Waals surface area contributed by atoms with Crippen LogP contribution < -0.4 is 15.5 Å². The molecule has 34 heavy (non-hydrogen) atoms. The smallest absolute Gasteiger partial charge is 0.262 e. The Bertz CT molecular complexity index is 1130. The molecule has 2 N–H and O–H groups in total. The minimum atomic E-state index is -0.738. The molecule has 0 aromatic heterocycles. The third-order valence-corrected chi connectivity index (χ3v) is 5.39. The lowest BCUT2D eigenvalue weighted by molar-refractivity contribution is -0.123. The summed E-state index contributed by atoms with van der Waals surface area (Å²) in [7, 11) is 0. The summed E-state index contributed by atoms with van der Waals surface area (Å²) in [5, 5.41) is 7.32. The summed E-state index contributed by atoms with van der Waals surface area (Å²) in [5.41, 5.74) is 6.05. The number of nitrogens with one attached hydrogen (secondary N) is 2. The van der Waals surface area contributed by atoms with Crippen molar-refractivity contribution in [2.45, 2.75) is 33.4 Å². The first-order valence-corrected chi connectivity index (χ1v) is 11.4. The van der Waals surface area contributed by atoms with Crippen molar-refractivity contribution in [2.75, 3.05) is 0 Å². The van der Waals surface area contributed by atoms with E-state index < -0.39 is 11.9 Å². The first-order chi connectivity index (χ1) is 16.3. The summed E-state index contributed by atoms with van der Waals surface area (Å²) in [5.74, 6) is -0.134. The first-order valence-electron chi connectivity index (χ1n) is 11.0. The topological polar surface area (TPSA) is 79.8 Å². The molecule has 2 amide bonds. The van der Waals surface area contributed by atoms with E-state index in [0.29, 0.717) is 17.2 Å². The number of hydrogen-bond donors (Lipinski definition) is 2. The lowest BCUT2D eigenvalue weighted by atomic mass is 10.0. The van der Waals surface area contributed by atoms with Gasteiger partial charge in [0.2, 0.25) is 0 Å². The molecule has 0 saturated heterocycles. The number of benzene rings is 3. The molecule has 0 spiro atoms. The SMILES string of the molecule is Cc1ccc(COc2ccc(/C=N/NC(=O)C(NC(=O)c3ccc(Cl)cc3)C(C)C)cc2)cc1.